The highest BCUT2D eigenvalue weighted by Gasteiger charge is 2.28. The number of aliphatic hydroxyl groups is 1. The third kappa shape index (κ3) is 2.81. The van der Waals surface area contributed by atoms with Gasteiger partial charge in [-0.25, -0.2) is 0 Å². The van der Waals surface area contributed by atoms with E-state index in [1.54, 1.807) is 6.08 Å². The van der Waals surface area contributed by atoms with Crippen molar-refractivity contribution < 1.29 is 9.90 Å². The fraction of sp³-hybridized carbons (Fsp3) is 0.583. The monoisotopic (exact) mass is 194 g/mol. The quantitative estimate of drug-likeness (QED) is 0.519. The molecule has 0 aromatic carbocycles. The van der Waals surface area contributed by atoms with Crippen LogP contribution in [-0.2, 0) is 4.79 Å². The molecule has 0 saturated carbocycles. The van der Waals surface area contributed by atoms with Crippen molar-refractivity contribution in [2.75, 3.05) is 6.61 Å². The molecule has 2 unspecified atom stereocenters. The first-order valence-electron chi connectivity index (χ1n) is 5.23. The van der Waals surface area contributed by atoms with Crippen molar-refractivity contribution in [2.24, 2.45) is 11.8 Å². The summed E-state index contributed by atoms with van der Waals surface area (Å²) in [5, 5.41) is 8.66. The Morgan fingerprint density at radius 3 is 2.93 bits per heavy atom. The maximum Gasteiger partial charge on any atom is 0.159 e. The van der Waals surface area contributed by atoms with E-state index in [9.17, 15) is 4.79 Å². The van der Waals surface area contributed by atoms with Gasteiger partial charge in [0.2, 0.25) is 0 Å². The highest BCUT2D eigenvalue weighted by Crippen LogP contribution is 2.29. The number of ketones is 1. The highest BCUT2D eigenvalue weighted by atomic mass is 16.2. The molecule has 1 aliphatic carbocycles. The van der Waals surface area contributed by atoms with Crippen molar-refractivity contribution >= 4 is 5.78 Å². The van der Waals surface area contributed by atoms with Crippen molar-refractivity contribution in [2.45, 2.75) is 25.7 Å². The van der Waals surface area contributed by atoms with E-state index < -0.39 is 0 Å². The summed E-state index contributed by atoms with van der Waals surface area (Å²) in [6.45, 7) is 3.92. The van der Waals surface area contributed by atoms with Crippen LogP contribution in [0.25, 0.3) is 0 Å². The van der Waals surface area contributed by atoms with Gasteiger partial charge in [0, 0.05) is 12.5 Å². The van der Waals surface area contributed by atoms with Crippen molar-refractivity contribution in [1.82, 2.24) is 0 Å². The number of aliphatic hydroxyl groups excluding tert-OH is 1. The highest BCUT2D eigenvalue weighted by molar-refractivity contribution is 5.94. The zero-order valence-electron chi connectivity index (χ0n) is 8.48. The van der Waals surface area contributed by atoms with Crippen LogP contribution in [0.5, 0.6) is 0 Å². The maximum absolute atomic E-state index is 11.5. The molecule has 0 fully saturated rings. The molecule has 0 aromatic heterocycles. The van der Waals surface area contributed by atoms with E-state index in [4.69, 9.17) is 5.11 Å². The van der Waals surface area contributed by atoms with Crippen molar-refractivity contribution in [3.63, 3.8) is 0 Å². The van der Waals surface area contributed by atoms with Crippen LogP contribution in [0, 0.1) is 11.8 Å². The molecule has 0 radical (unpaired) electrons. The minimum atomic E-state index is 0.138. The van der Waals surface area contributed by atoms with E-state index >= 15 is 0 Å². The maximum atomic E-state index is 11.5. The molecular formula is C12H18O2. The van der Waals surface area contributed by atoms with Crippen LogP contribution in [0.15, 0.2) is 24.8 Å². The van der Waals surface area contributed by atoms with Crippen LogP contribution in [0.4, 0.5) is 0 Å². The van der Waals surface area contributed by atoms with Gasteiger partial charge in [-0.05, 0) is 31.3 Å². The second-order valence-electron chi connectivity index (χ2n) is 3.78. The van der Waals surface area contributed by atoms with Gasteiger partial charge >= 0.3 is 0 Å². The molecule has 1 aliphatic rings. The number of hydrogen-bond acceptors (Lipinski definition) is 2. The van der Waals surface area contributed by atoms with Gasteiger partial charge in [-0.2, -0.15) is 0 Å². The average Bonchev–Trinajstić information content (AvgIpc) is 2.50. The van der Waals surface area contributed by atoms with Gasteiger partial charge in [-0.15, -0.1) is 6.58 Å². The summed E-state index contributed by atoms with van der Waals surface area (Å²) in [5.41, 5.74) is 0. The van der Waals surface area contributed by atoms with Gasteiger partial charge < -0.3 is 5.11 Å². The molecule has 14 heavy (non-hydrogen) atoms. The first-order valence-corrected chi connectivity index (χ1v) is 5.23. The molecule has 0 spiro atoms. The van der Waals surface area contributed by atoms with Gasteiger partial charge in [-0.3, -0.25) is 4.79 Å². The topological polar surface area (TPSA) is 37.3 Å². The van der Waals surface area contributed by atoms with Gasteiger partial charge in [-0.1, -0.05) is 18.6 Å². The fourth-order valence-corrected chi connectivity index (χ4v) is 1.95. The molecule has 0 aliphatic heterocycles. The van der Waals surface area contributed by atoms with E-state index in [0.717, 1.165) is 25.7 Å². The summed E-state index contributed by atoms with van der Waals surface area (Å²) in [6, 6.07) is 0. The lowest BCUT2D eigenvalue weighted by Gasteiger charge is -2.15. The molecule has 2 heteroatoms. The normalized spacial score (nSPS) is 25.6. The summed E-state index contributed by atoms with van der Waals surface area (Å²) in [5.74, 6) is 0.730. The molecule has 1 rings (SSSR count). The van der Waals surface area contributed by atoms with Crippen molar-refractivity contribution in [3.8, 4) is 0 Å². The molecule has 0 saturated heterocycles. The van der Waals surface area contributed by atoms with Gasteiger partial charge in [0.25, 0.3) is 0 Å². The molecule has 0 aromatic rings. The van der Waals surface area contributed by atoms with Gasteiger partial charge in [0.15, 0.2) is 5.78 Å². The average molecular weight is 194 g/mol. The first kappa shape index (κ1) is 11.2. The molecule has 2 atom stereocenters. The Labute approximate surface area is 85.3 Å². The van der Waals surface area contributed by atoms with E-state index in [0.29, 0.717) is 5.92 Å². The molecule has 2 nitrogen and oxygen atoms in total. The van der Waals surface area contributed by atoms with Crippen molar-refractivity contribution in [3.05, 3.63) is 24.8 Å². The van der Waals surface area contributed by atoms with Crippen LogP contribution in [-0.4, -0.2) is 17.5 Å². The van der Waals surface area contributed by atoms with Crippen molar-refractivity contribution in [1.29, 1.82) is 0 Å². The number of unbranched alkanes of at least 4 members (excludes halogenated alkanes) is 1. The number of carbonyl (C=O) groups excluding carboxylic acids is 1. The van der Waals surface area contributed by atoms with E-state index in [1.165, 1.54) is 0 Å². The Balaban J connectivity index is 2.39. The Morgan fingerprint density at radius 2 is 2.29 bits per heavy atom. The number of rotatable bonds is 6. The third-order valence-electron chi connectivity index (χ3n) is 2.75. The Bertz CT molecular complexity index is 230. The van der Waals surface area contributed by atoms with Crippen LogP contribution >= 0.6 is 0 Å². The first-order chi connectivity index (χ1) is 6.79. The smallest absolute Gasteiger partial charge is 0.159 e. The number of hydrogen-bond donors (Lipinski definition) is 1. The summed E-state index contributed by atoms with van der Waals surface area (Å²) >= 11 is 0. The zero-order valence-corrected chi connectivity index (χ0v) is 8.48. The van der Waals surface area contributed by atoms with E-state index in [-0.39, 0.29) is 18.3 Å². The van der Waals surface area contributed by atoms with Crippen LogP contribution < -0.4 is 0 Å². The summed E-state index contributed by atoms with van der Waals surface area (Å²) < 4.78 is 0. The lowest BCUT2D eigenvalue weighted by atomic mass is 9.87. The summed E-state index contributed by atoms with van der Waals surface area (Å²) in [4.78, 5) is 11.5. The lowest BCUT2D eigenvalue weighted by molar-refractivity contribution is -0.118. The van der Waals surface area contributed by atoms with Gasteiger partial charge in [0.1, 0.15) is 0 Å². The number of allylic oxidation sites excluding steroid dienone is 3. The van der Waals surface area contributed by atoms with Crippen LogP contribution in [0.1, 0.15) is 25.7 Å². The Morgan fingerprint density at radius 1 is 1.50 bits per heavy atom. The van der Waals surface area contributed by atoms with Gasteiger partial charge in [0.05, 0.1) is 0 Å². The predicted octanol–water partition coefficient (Wildman–Crippen LogP) is 2.10. The summed E-state index contributed by atoms with van der Waals surface area (Å²) in [7, 11) is 0. The second-order valence-corrected chi connectivity index (χ2v) is 3.78. The minimum Gasteiger partial charge on any atom is -0.396 e. The summed E-state index contributed by atoms with van der Waals surface area (Å²) in [6.07, 6.45) is 9.06. The second kappa shape index (κ2) is 5.76. The lowest BCUT2D eigenvalue weighted by Crippen LogP contribution is -2.15. The number of carbonyl (C=O) groups is 1. The fourth-order valence-electron chi connectivity index (χ4n) is 1.95. The molecule has 0 amide bonds. The van der Waals surface area contributed by atoms with E-state index in [2.05, 4.69) is 6.58 Å². The zero-order chi connectivity index (χ0) is 10.4. The molecule has 78 valence electrons. The SMILES string of the molecule is C=CCC1C=CC(=O)C1CCCCO. The predicted molar refractivity (Wildman–Crippen MR) is 56.9 cm³/mol. The Hall–Kier alpha value is -0.890. The van der Waals surface area contributed by atoms with Crippen LogP contribution in [0.2, 0.25) is 0 Å². The molecule has 0 bridgehead atoms. The molecular weight excluding hydrogens is 176 g/mol. The molecule has 0 heterocycles. The standard InChI is InChI=1S/C12H18O2/c1-2-5-10-7-8-12(14)11(10)6-3-4-9-13/h2,7-8,10-11,13H,1,3-6,9H2. The van der Waals surface area contributed by atoms with Crippen LogP contribution in [0.3, 0.4) is 0 Å². The third-order valence-corrected chi connectivity index (χ3v) is 2.75. The Kier molecular flexibility index (Phi) is 4.60. The minimum absolute atomic E-state index is 0.138. The largest absolute Gasteiger partial charge is 0.396 e. The molecule has 1 N–H and O–H groups in total. The van der Waals surface area contributed by atoms with E-state index in [1.807, 2.05) is 12.2 Å².